The summed E-state index contributed by atoms with van der Waals surface area (Å²) >= 11 is 3.31. The van der Waals surface area contributed by atoms with Crippen LogP contribution >= 0.6 is 0 Å². The molecule has 0 aromatic carbocycles. The van der Waals surface area contributed by atoms with Crippen molar-refractivity contribution in [2.24, 2.45) is 0 Å². The molecule has 27 heavy (non-hydrogen) atoms. The SMILES string of the molecule is CNCCC[SiH2]O[Si](C)(C)O[Si](C)(C)O[Si](C)(C)[Si](C)(C)CCC[NH-].[CH2]=[Co]. The molecule has 0 radical (unpaired) electrons. The van der Waals surface area contributed by atoms with Crippen LogP contribution in [0.4, 0.5) is 0 Å². The maximum absolute atomic E-state index is 7.46. The van der Waals surface area contributed by atoms with Gasteiger partial charge in [0.05, 0.1) is 7.59 Å². The van der Waals surface area contributed by atoms with Gasteiger partial charge in [-0.25, -0.2) is 0 Å². The molecule has 0 spiro atoms. The minimum absolute atomic E-state index is 0.500. The molecule has 0 bridgehead atoms. The summed E-state index contributed by atoms with van der Waals surface area (Å²) in [5.41, 5.74) is 10.4. The molecule has 0 unspecified atom stereocenters. The third-order valence-electron chi connectivity index (χ3n) is 4.87. The van der Waals surface area contributed by atoms with Crippen LogP contribution in [0.5, 0.6) is 0 Å². The van der Waals surface area contributed by atoms with Crippen molar-refractivity contribution in [2.45, 2.75) is 77.3 Å². The summed E-state index contributed by atoms with van der Waals surface area (Å²) in [4.78, 5) is 0. The van der Waals surface area contributed by atoms with E-state index in [9.17, 15) is 0 Å². The Morgan fingerprint density at radius 2 is 1.48 bits per heavy atom. The molecule has 0 atom stereocenters. The van der Waals surface area contributed by atoms with Gasteiger partial charge < -0.3 is 23.4 Å². The first-order valence-electron chi connectivity index (χ1n) is 9.86. The molecule has 0 aromatic heterocycles. The van der Waals surface area contributed by atoms with Gasteiger partial charge in [-0.05, 0) is 65.3 Å². The van der Waals surface area contributed by atoms with E-state index in [1.807, 2.05) is 7.05 Å². The summed E-state index contributed by atoms with van der Waals surface area (Å²) in [7, 11) is -6.04. The van der Waals surface area contributed by atoms with Crippen LogP contribution in [0, 0.1) is 0 Å². The second-order valence-corrected chi connectivity index (χ2v) is 33.4. The number of hydrogen-bond donors (Lipinski definition) is 1. The molecule has 0 amide bonds. The predicted molar refractivity (Wildman–Crippen MR) is 131 cm³/mol. The number of rotatable bonds is 14. The van der Waals surface area contributed by atoms with E-state index in [0.717, 1.165) is 13.0 Å². The van der Waals surface area contributed by atoms with Crippen molar-refractivity contribution in [1.29, 1.82) is 0 Å². The average Bonchev–Trinajstić information content (AvgIpc) is 2.52. The second-order valence-electron chi connectivity index (χ2n) is 8.91. The molecule has 2 N–H and O–H groups in total. The van der Waals surface area contributed by atoms with Gasteiger partial charge in [0.2, 0.25) is 0 Å². The van der Waals surface area contributed by atoms with Gasteiger partial charge >= 0.3 is 37.9 Å². The Kier molecular flexibility index (Phi) is 16.1. The van der Waals surface area contributed by atoms with Gasteiger partial charge in [-0.15, -0.1) is 0 Å². The first-order valence-corrected chi connectivity index (χ1v) is 24.9. The van der Waals surface area contributed by atoms with E-state index in [0.29, 0.717) is 6.54 Å². The fraction of sp³-hybridized carbons (Fsp3) is 0.938. The minimum atomic E-state index is -2.20. The molecule has 5 nitrogen and oxygen atoms in total. The zero-order chi connectivity index (χ0) is 21.8. The molecule has 0 saturated heterocycles. The van der Waals surface area contributed by atoms with E-state index in [1.165, 1.54) is 18.5 Å². The Morgan fingerprint density at radius 1 is 0.926 bits per heavy atom. The predicted octanol–water partition coefficient (Wildman–Crippen LogP) is 3.95. The summed E-state index contributed by atoms with van der Waals surface area (Å²) in [5.74, 6) is 0. The Morgan fingerprint density at radius 3 is 1.96 bits per heavy atom. The van der Waals surface area contributed by atoms with Crippen LogP contribution in [0.15, 0.2) is 0 Å². The van der Waals surface area contributed by atoms with E-state index in [-0.39, 0.29) is 0 Å². The normalized spacial score (nSPS) is 13.7. The topological polar surface area (TPSA) is 63.5 Å². The zero-order valence-corrected chi connectivity index (χ0v) is 25.7. The standard InChI is InChI=1S/C15H43N2O3Si5.CH2.Co/c1-17-13-11-14-21-18-23(4,5)19-24(6,7)20-25(8,9)22(2,3)15-10-12-16;;/h16-17H,10-15,21H2,1-9H3;1H2;/q-1;;. The van der Waals surface area contributed by atoms with Gasteiger partial charge in [-0.3, -0.25) is 0 Å². The molecule has 0 heterocycles. The van der Waals surface area contributed by atoms with Gasteiger partial charge in [-0.2, -0.15) is 6.54 Å². The molecule has 0 rings (SSSR count). The van der Waals surface area contributed by atoms with Crippen molar-refractivity contribution >= 4 is 47.8 Å². The summed E-state index contributed by atoms with van der Waals surface area (Å²) in [6.07, 6.45) is 2.20. The van der Waals surface area contributed by atoms with Gasteiger partial charge in [-0.1, -0.05) is 25.6 Å². The van der Waals surface area contributed by atoms with Crippen molar-refractivity contribution in [3.63, 3.8) is 0 Å². The molecule has 0 saturated carbocycles. The summed E-state index contributed by atoms with van der Waals surface area (Å²) in [5, 5.41) is 3.19. The first kappa shape index (κ1) is 30.5. The van der Waals surface area contributed by atoms with Crippen molar-refractivity contribution < 1.29 is 27.6 Å². The van der Waals surface area contributed by atoms with Crippen molar-refractivity contribution in [2.75, 3.05) is 20.1 Å². The van der Waals surface area contributed by atoms with Crippen LogP contribution in [0.1, 0.15) is 12.8 Å². The van der Waals surface area contributed by atoms with Crippen LogP contribution in [0.3, 0.4) is 0 Å². The first-order chi connectivity index (χ1) is 12.3. The molecule has 167 valence electrons. The van der Waals surface area contributed by atoms with Crippen molar-refractivity contribution in [3.05, 3.63) is 5.73 Å². The molecule has 0 fully saturated rings. The Balaban J connectivity index is 0. The van der Waals surface area contributed by atoms with Gasteiger partial charge in [0, 0.05) is 0 Å². The monoisotopic (exact) mass is 512 g/mol. The Labute approximate surface area is 183 Å². The Bertz CT molecular complexity index is 402. The summed E-state index contributed by atoms with van der Waals surface area (Å²) < 4.78 is 19.6. The quantitative estimate of drug-likeness (QED) is 0.283. The average molecular weight is 513 g/mol. The van der Waals surface area contributed by atoms with Gasteiger partial charge in [0.15, 0.2) is 7.83 Å². The molecular formula is C16H45CoN2O3Si5-. The van der Waals surface area contributed by atoms with Crippen LogP contribution in [0.25, 0.3) is 5.73 Å². The molecule has 0 aliphatic rings. The zero-order valence-electron chi connectivity index (χ0n) is 19.2. The molecule has 11 heteroatoms. The number of hydrogen-bond acceptors (Lipinski definition) is 4. The van der Waals surface area contributed by atoms with Crippen LogP contribution in [-0.2, 0) is 27.6 Å². The fourth-order valence-corrected chi connectivity index (χ4v) is 26.7. The Hall–Kier alpha value is 1.26. The molecule has 0 aliphatic carbocycles. The van der Waals surface area contributed by atoms with E-state index in [4.69, 9.17) is 18.1 Å². The van der Waals surface area contributed by atoms with Crippen LogP contribution in [-0.4, -0.2) is 67.9 Å². The molecule has 0 aliphatic heterocycles. The van der Waals surface area contributed by atoms with Crippen LogP contribution < -0.4 is 5.32 Å². The maximum atomic E-state index is 7.46. The second kappa shape index (κ2) is 14.3. The molecule has 0 aromatic rings. The van der Waals surface area contributed by atoms with Gasteiger partial charge in [0.25, 0.3) is 0 Å². The summed E-state index contributed by atoms with van der Waals surface area (Å²) in [6, 6.07) is 2.40. The fourth-order valence-electron chi connectivity index (χ4n) is 2.95. The van der Waals surface area contributed by atoms with E-state index in [1.54, 1.807) is 0 Å². The van der Waals surface area contributed by atoms with E-state index < -0.39 is 42.3 Å². The number of nitrogens with one attached hydrogen (secondary N) is 2. The van der Waals surface area contributed by atoms with Gasteiger partial charge in [0.1, 0.15) is 9.76 Å². The van der Waals surface area contributed by atoms with E-state index in [2.05, 4.69) is 78.5 Å². The van der Waals surface area contributed by atoms with E-state index >= 15 is 0 Å². The third-order valence-corrected chi connectivity index (χ3v) is 33.5. The third kappa shape index (κ3) is 14.0. The summed E-state index contributed by atoms with van der Waals surface area (Å²) in [6.45, 7) is 19.9. The molecular weight excluding hydrogens is 468 g/mol. The van der Waals surface area contributed by atoms with Crippen molar-refractivity contribution in [3.8, 4) is 0 Å². The van der Waals surface area contributed by atoms with Crippen LogP contribution in [0.2, 0.25) is 64.5 Å². The van der Waals surface area contributed by atoms with Crippen molar-refractivity contribution in [1.82, 2.24) is 5.32 Å².